The van der Waals surface area contributed by atoms with Crippen LogP contribution in [0.15, 0.2) is 108 Å². The number of anilines is 2. The molecule has 0 bridgehead atoms. The van der Waals surface area contributed by atoms with Crippen LogP contribution in [-0.4, -0.2) is 22.3 Å². The van der Waals surface area contributed by atoms with Crippen molar-refractivity contribution in [2.45, 2.75) is 12.5 Å². The van der Waals surface area contributed by atoms with Gasteiger partial charge in [-0.05, 0) is 30.1 Å². The number of nitrogens with one attached hydrogen (secondary N) is 1. The van der Waals surface area contributed by atoms with Crippen molar-refractivity contribution >= 4 is 45.9 Å². The summed E-state index contributed by atoms with van der Waals surface area (Å²) in [5.74, 6) is 0. The Kier molecular flexibility index (Phi) is 5.00. The Morgan fingerprint density at radius 3 is 2.21 bits per heavy atom. The number of hydrogen-bond donors (Lipinski definition) is 4. The zero-order valence-electron chi connectivity index (χ0n) is 20.6. The Bertz CT molecular complexity index is 1880. The number of benzene rings is 5. The summed E-state index contributed by atoms with van der Waals surface area (Å²) < 4.78 is 6.37. The highest BCUT2D eigenvalue weighted by atomic mass is 16.4. The van der Waals surface area contributed by atoms with Gasteiger partial charge in [0.05, 0.1) is 5.69 Å². The van der Waals surface area contributed by atoms with Gasteiger partial charge in [-0.15, -0.1) is 0 Å². The SMILES string of the molecule is Cc1cccc(-c2cccc3c2Nc2ccccc2C3(O)c2cccc3c2oc2ccccc23)c1B(O)O. The maximum absolute atomic E-state index is 12.9. The van der Waals surface area contributed by atoms with Crippen molar-refractivity contribution < 1.29 is 19.6 Å². The second kappa shape index (κ2) is 8.33. The molecule has 0 spiro atoms. The zero-order chi connectivity index (χ0) is 26.0. The van der Waals surface area contributed by atoms with Crippen LogP contribution in [0.4, 0.5) is 11.4 Å². The first-order valence-electron chi connectivity index (χ1n) is 12.6. The molecule has 38 heavy (non-hydrogen) atoms. The van der Waals surface area contributed by atoms with Crippen molar-refractivity contribution in [2.24, 2.45) is 0 Å². The monoisotopic (exact) mass is 497 g/mol. The van der Waals surface area contributed by atoms with Crippen LogP contribution in [0.2, 0.25) is 0 Å². The highest BCUT2D eigenvalue weighted by Crippen LogP contribution is 2.52. The first kappa shape index (κ1) is 22.8. The van der Waals surface area contributed by atoms with E-state index in [0.29, 0.717) is 39.0 Å². The molecule has 184 valence electrons. The van der Waals surface area contributed by atoms with Crippen LogP contribution in [0.3, 0.4) is 0 Å². The van der Waals surface area contributed by atoms with E-state index in [1.807, 2.05) is 110 Å². The van der Waals surface area contributed by atoms with Crippen molar-refractivity contribution in [1.29, 1.82) is 0 Å². The average Bonchev–Trinajstić information content (AvgIpc) is 3.31. The molecule has 6 aromatic rings. The maximum Gasteiger partial charge on any atom is 0.489 e. The predicted molar refractivity (Wildman–Crippen MR) is 152 cm³/mol. The van der Waals surface area contributed by atoms with E-state index in [1.54, 1.807) is 0 Å². The third-order valence-electron chi connectivity index (χ3n) is 7.70. The molecule has 4 N–H and O–H groups in total. The summed E-state index contributed by atoms with van der Waals surface area (Å²) in [6.07, 6.45) is 0. The summed E-state index contributed by atoms with van der Waals surface area (Å²) in [6.45, 7) is 1.86. The second-order valence-electron chi connectivity index (χ2n) is 9.80. The lowest BCUT2D eigenvalue weighted by atomic mass is 9.71. The molecule has 0 fully saturated rings. The highest BCUT2D eigenvalue weighted by molar-refractivity contribution is 6.61. The van der Waals surface area contributed by atoms with E-state index in [1.165, 1.54) is 0 Å². The normalized spacial score (nSPS) is 16.2. The molecule has 1 unspecified atom stereocenters. The fraction of sp³-hybridized carbons (Fsp3) is 0.0625. The molecule has 2 heterocycles. The largest absolute Gasteiger partial charge is 0.489 e. The molecule has 0 saturated heterocycles. The quantitative estimate of drug-likeness (QED) is 0.240. The number of para-hydroxylation sites is 4. The Hall–Kier alpha value is -4.36. The molecule has 1 aliphatic heterocycles. The Morgan fingerprint density at radius 1 is 0.684 bits per heavy atom. The number of aryl methyl sites for hydroxylation is 1. The first-order chi connectivity index (χ1) is 18.5. The van der Waals surface area contributed by atoms with Crippen LogP contribution in [0.1, 0.15) is 22.3 Å². The van der Waals surface area contributed by atoms with E-state index < -0.39 is 12.7 Å². The highest BCUT2D eigenvalue weighted by Gasteiger charge is 2.43. The van der Waals surface area contributed by atoms with Crippen molar-refractivity contribution in [2.75, 3.05) is 5.32 Å². The van der Waals surface area contributed by atoms with Gasteiger partial charge in [0.2, 0.25) is 0 Å². The number of furan rings is 1. The van der Waals surface area contributed by atoms with Crippen LogP contribution >= 0.6 is 0 Å². The van der Waals surface area contributed by atoms with Gasteiger partial charge in [0.1, 0.15) is 16.8 Å². The molecule has 0 aliphatic carbocycles. The summed E-state index contributed by atoms with van der Waals surface area (Å²) in [5, 5.41) is 38.8. The molecule has 1 atom stereocenters. The van der Waals surface area contributed by atoms with Crippen LogP contribution in [0.25, 0.3) is 33.1 Å². The lowest BCUT2D eigenvalue weighted by molar-refractivity contribution is 0.126. The van der Waals surface area contributed by atoms with Crippen molar-refractivity contribution in [3.8, 4) is 11.1 Å². The predicted octanol–water partition coefficient (Wildman–Crippen LogP) is 5.58. The van der Waals surface area contributed by atoms with Gasteiger partial charge in [-0.3, -0.25) is 0 Å². The molecule has 0 saturated carbocycles. The van der Waals surface area contributed by atoms with Gasteiger partial charge in [0.25, 0.3) is 0 Å². The van der Waals surface area contributed by atoms with Crippen LogP contribution in [0, 0.1) is 6.92 Å². The van der Waals surface area contributed by atoms with Crippen LogP contribution < -0.4 is 10.8 Å². The second-order valence-corrected chi connectivity index (χ2v) is 9.80. The summed E-state index contributed by atoms with van der Waals surface area (Å²) >= 11 is 0. The molecule has 7 rings (SSSR count). The maximum atomic E-state index is 12.9. The molecule has 0 amide bonds. The van der Waals surface area contributed by atoms with Gasteiger partial charge in [-0.1, -0.05) is 96.6 Å². The minimum Gasteiger partial charge on any atom is -0.456 e. The van der Waals surface area contributed by atoms with Crippen molar-refractivity contribution in [1.82, 2.24) is 0 Å². The van der Waals surface area contributed by atoms with E-state index in [4.69, 9.17) is 4.42 Å². The van der Waals surface area contributed by atoms with E-state index in [9.17, 15) is 15.2 Å². The topological polar surface area (TPSA) is 85.9 Å². The summed E-state index contributed by atoms with van der Waals surface area (Å²) in [6, 6.07) is 32.8. The molecule has 1 aliphatic rings. The van der Waals surface area contributed by atoms with Crippen molar-refractivity contribution in [3.63, 3.8) is 0 Å². The fourth-order valence-electron chi connectivity index (χ4n) is 5.98. The van der Waals surface area contributed by atoms with Crippen LogP contribution in [0.5, 0.6) is 0 Å². The zero-order valence-corrected chi connectivity index (χ0v) is 20.6. The minimum absolute atomic E-state index is 0.435. The number of aliphatic hydroxyl groups is 1. The molecular weight excluding hydrogens is 473 g/mol. The minimum atomic E-state index is -1.64. The van der Waals surface area contributed by atoms with E-state index >= 15 is 0 Å². The average molecular weight is 497 g/mol. The van der Waals surface area contributed by atoms with Gasteiger partial charge in [-0.25, -0.2) is 0 Å². The molecule has 6 heteroatoms. The van der Waals surface area contributed by atoms with Crippen molar-refractivity contribution in [3.05, 3.63) is 125 Å². The standard InChI is InChI=1S/C32H24BNO4/c1-19-9-6-11-21(29(19)33(36)37)22-12-7-15-25-30(22)34-27-17-4-3-14-24(27)32(25,35)26-16-8-13-23-20-10-2-5-18-28(20)38-31(23)26/h2-18,34-37H,1H3. The summed E-state index contributed by atoms with van der Waals surface area (Å²) in [5.41, 5.74) is 5.99. The molecule has 5 aromatic carbocycles. The summed E-state index contributed by atoms with van der Waals surface area (Å²) in [4.78, 5) is 0. The lowest BCUT2D eigenvalue weighted by Gasteiger charge is -2.38. The molecule has 0 radical (unpaired) electrons. The van der Waals surface area contributed by atoms with Gasteiger partial charge in [-0.2, -0.15) is 0 Å². The van der Waals surface area contributed by atoms with Gasteiger partial charge in [0, 0.05) is 38.7 Å². The number of fused-ring (bicyclic) bond motifs is 5. The van der Waals surface area contributed by atoms with Gasteiger partial charge < -0.3 is 24.9 Å². The Labute approximate surface area is 219 Å². The van der Waals surface area contributed by atoms with E-state index in [2.05, 4.69) is 5.32 Å². The fourth-order valence-corrected chi connectivity index (χ4v) is 5.98. The smallest absolute Gasteiger partial charge is 0.456 e. The van der Waals surface area contributed by atoms with Crippen LogP contribution in [-0.2, 0) is 5.60 Å². The molecular formula is C32H24BNO4. The summed E-state index contributed by atoms with van der Waals surface area (Å²) in [7, 11) is -1.64. The third kappa shape index (κ3) is 3.12. The molecule has 1 aromatic heterocycles. The third-order valence-corrected chi connectivity index (χ3v) is 7.70. The Morgan fingerprint density at radius 2 is 1.34 bits per heavy atom. The Balaban J connectivity index is 1.57. The van der Waals surface area contributed by atoms with Gasteiger partial charge >= 0.3 is 7.12 Å². The molecule has 5 nitrogen and oxygen atoms in total. The van der Waals surface area contributed by atoms with Gasteiger partial charge in [0.15, 0.2) is 0 Å². The first-order valence-corrected chi connectivity index (χ1v) is 12.6. The number of rotatable bonds is 3. The van der Waals surface area contributed by atoms with E-state index in [0.717, 1.165) is 33.2 Å². The number of hydrogen-bond acceptors (Lipinski definition) is 5. The van der Waals surface area contributed by atoms with E-state index in [-0.39, 0.29) is 0 Å². The lowest BCUT2D eigenvalue weighted by Crippen LogP contribution is -2.35.